The van der Waals surface area contributed by atoms with E-state index in [0.717, 1.165) is 14.5 Å². The highest BCUT2D eigenvalue weighted by Crippen LogP contribution is 2.30. The molecule has 0 spiro atoms. The summed E-state index contributed by atoms with van der Waals surface area (Å²) in [4.78, 5) is 0. The third-order valence-corrected chi connectivity index (χ3v) is 4.77. The third-order valence-electron chi connectivity index (χ3n) is 3.55. The quantitative estimate of drug-likeness (QED) is 0.733. The molecule has 0 heterocycles. The maximum Gasteiger partial charge on any atom is 0.0841 e. The van der Waals surface area contributed by atoms with Crippen molar-refractivity contribution < 1.29 is 5.11 Å². The average Bonchev–Trinajstić information content (AvgIpc) is 2.36. The molecule has 0 aliphatic carbocycles. The standard InChI is InChI=1S/C17H18Br2O/c1-10-6-11(2)14(12(3)7-10)9-17(20)15-8-13(18)4-5-16(15)19/h4-8,17,20H,9H2,1-3H3. The molecule has 0 aromatic heterocycles. The Balaban J connectivity index is 2.32. The Bertz CT molecular complexity index is 612. The second kappa shape index (κ2) is 6.42. The van der Waals surface area contributed by atoms with Crippen molar-refractivity contribution >= 4 is 31.9 Å². The zero-order valence-electron chi connectivity index (χ0n) is 11.9. The Kier molecular flexibility index (Phi) is 5.05. The minimum atomic E-state index is -0.512. The molecule has 106 valence electrons. The van der Waals surface area contributed by atoms with Crippen LogP contribution in [0.15, 0.2) is 39.3 Å². The molecule has 2 aromatic rings. The number of rotatable bonds is 3. The van der Waals surface area contributed by atoms with E-state index in [9.17, 15) is 5.11 Å². The Morgan fingerprint density at radius 1 is 1.00 bits per heavy atom. The van der Waals surface area contributed by atoms with Gasteiger partial charge in [-0.05, 0) is 61.2 Å². The van der Waals surface area contributed by atoms with Gasteiger partial charge in [0.25, 0.3) is 0 Å². The number of hydrogen-bond acceptors (Lipinski definition) is 1. The predicted molar refractivity (Wildman–Crippen MR) is 91.2 cm³/mol. The van der Waals surface area contributed by atoms with Crippen LogP contribution in [0.3, 0.4) is 0 Å². The molecule has 3 heteroatoms. The largest absolute Gasteiger partial charge is 0.388 e. The number of hydrogen-bond donors (Lipinski definition) is 1. The summed E-state index contributed by atoms with van der Waals surface area (Å²) in [5.41, 5.74) is 5.90. The normalized spacial score (nSPS) is 12.5. The van der Waals surface area contributed by atoms with E-state index >= 15 is 0 Å². The topological polar surface area (TPSA) is 20.2 Å². The lowest BCUT2D eigenvalue weighted by atomic mass is 9.93. The van der Waals surface area contributed by atoms with Crippen LogP contribution >= 0.6 is 31.9 Å². The lowest BCUT2D eigenvalue weighted by Crippen LogP contribution is -2.06. The van der Waals surface area contributed by atoms with Crippen molar-refractivity contribution in [3.05, 3.63) is 67.1 Å². The van der Waals surface area contributed by atoms with E-state index in [1.807, 2.05) is 18.2 Å². The zero-order chi connectivity index (χ0) is 14.9. The summed E-state index contributed by atoms with van der Waals surface area (Å²) >= 11 is 6.97. The van der Waals surface area contributed by atoms with E-state index in [4.69, 9.17) is 0 Å². The second-order valence-electron chi connectivity index (χ2n) is 5.26. The number of benzene rings is 2. The molecule has 1 nitrogen and oxygen atoms in total. The molecule has 2 rings (SSSR count). The van der Waals surface area contributed by atoms with Gasteiger partial charge in [0.15, 0.2) is 0 Å². The molecular formula is C17H18Br2O. The highest BCUT2D eigenvalue weighted by Gasteiger charge is 2.15. The summed E-state index contributed by atoms with van der Waals surface area (Å²) in [6.45, 7) is 6.32. The van der Waals surface area contributed by atoms with E-state index < -0.39 is 6.10 Å². The van der Waals surface area contributed by atoms with Gasteiger partial charge in [0.2, 0.25) is 0 Å². The summed E-state index contributed by atoms with van der Waals surface area (Å²) in [7, 11) is 0. The van der Waals surface area contributed by atoms with Crippen LogP contribution in [0.4, 0.5) is 0 Å². The Hall–Kier alpha value is -0.640. The third kappa shape index (κ3) is 3.51. The van der Waals surface area contributed by atoms with Crippen LogP contribution in [-0.2, 0) is 6.42 Å². The predicted octanol–water partition coefficient (Wildman–Crippen LogP) is 5.41. The van der Waals surface area contributed by atoms with Crippen molar-refractivity contribution in [2.75, 3.05) is 0 Å². The number of aliphatic hydroxyl groups excluding tert-OH is 1. The average molecular weight is 398 g/mol. The van der Waals surface area contributed by atoms with Gasteiger partial charge in [0.1, 0.15) is 0 Å². The molecule has 0 fully saturated rings. The minimum absolute atomic E-state index is 0.512. The summed E-state index contributed by atoms with van der Waals surface area (Å²) < 4.78 is 1.92. The van der Waals surface area contributed by atoms with E-state index in [1.54, 1.807) is 0 Å². The smallest absolute Gasteiger partial charge is 0.0841 e. The first-order valence-electron chi connectivity index (χ1n) is 6.58. The lowest BCUT2D eigenvalue weighted by Gasteiger charge is -2.17. The fourth-order valence-corrected chi connectivity index (χ4v) is 3.49. The molecule has 0 saturated carbocycles. The first-order chi connectivity index (χ1) is 9.38. The van der Waals surface area contributed by atoms with E-state index in [1.165, 1.54) is 22.3 Å². The zero-order valence-corrected chi connectivity index (χ0v) is 15.0. The first-order valence-corrected chi connectivity index (χ1v) is 8.17. The van der Waals surface area contributed by atoms with Gasteiger partial charge in [-0.2, -0.15) is 0 Å². The maximum absolute atomic E-state index is 10.5. The molecule has 0 amide bonds. The van der Waals surface area contributed by atoms with E-state index in [-0.39, 0.29) is 0 Å². The monoisotopic (exact) mass is 396 g/mol. The fourth-order valence-electron chi connectivity index (χ4n) is 2.61. The van der Waals surface area contributed by atoms with Gasteiger partial charge in [0.05, 0.1) is 6.10 Å². The minimum Gasteiger partial charge on any atom is -0.388 e. The first kappa shape index (κ1) is 15.7. The van der Waals surface area contributed by atoms with Crippen molar-refractivity contribution in [1.82, 2.24) is 0 Å². The summed E-state index contributed by atoms with van der Waals surface area (Å²) in [6.07, 6.45) is 0.120. The molecule has 2 aromatic carbocycles. The van der Waals surface area contributed by atoms with Crippen molar-refractivity contribution in [1.29, 1.82) is 0 Å². The van der Waals surface area contributed by atoms with Gasteiger partial charge in [-0.25, -0.2) is 0 Å². The molecule has 1 atom stereocenters. The van der Waals surface area contributed by atoms with Crippen molar-refractivity contribution in [3.63, 3.8) is 0 Å². The highest BCUT2D eigenvalue weighted by atomic mass is 79.9. The summed E-state index contributed by atoms with van der Waals surface area (Å²) in [5.74, 6) is 0. The molecule has 1 N–H and O–H groups in total. The molecule has 0 saturated heterocycles. The van der Waals surface area contributed by atoms with Crippen LogP contribution in [0.2, 0.25) is 0 Å². The Labute approximate surface area is 137 Å². The van der Waals surface area contributed by atoms with Gasteiger partial charge >= 0.3 is 0 Å². The van der Waals surface area contributed by atoms with Crippen LogP contribution in [0.1, 0.15) is 33.9 Å². The van der Waals surface area contributed by atoms with Crippen molar-refractivity contribution in [3.8, 4) is 0 Å². The van der Waals surface area contributed by atoms with Crippen LogP contribution in [0.25, 0.3) is 0 Å². The Morgan fingerprint density at radius 2 is 1.60 bits per heavy atom. The Morgan fingerprint density at radius 3 is 2.20 bits per heavy atom. The van der Waals surface area contributed by atoms with E-state index in [2.05, 4.69) is 64.8 Å². The number of aryl methyl sites for hydroxylation is 3. The molecule has 0 radical (unpaired) electrons. The summed E-state index contributed by atoms with van der Waals surface area (Å²) in [6, 6.07) is 10.2. The van der Waals surface area contributed by atoms with Gasteiger partial charge in [-0.15, -0.1) is 0 Å². The van der Waals surface area contributed by atoms with E-state index in [0.29, 0.717) is 6.42 Å². The number of aliphatic hydroxyl groups is 1. The van der Waals surface area contributed by atoms with Gasteiger partial charge in [-0.3, -0.25) is 0 Å². The van der Waals surface area contributed by atoms with Crippen LogP contribution < -0.4 is 0 Å². The van der Waals surface area contributed by atoms with Crippen molar-refractivity contribution in [2.45, 2.75) is 33.3 Å². The molecule has 1 unspecified atom stereocenters. The highest BCUT2D eigenvalue weighted by molar-refractivity contribution is 9.11. The fraction of sp³-hybridized carbons (Fsp3) is 0.294. The van der Waals surface area contributed by atoms with Crippen LogP contribution in [-0.4, -0.2) is 5.11 Å². The second-order valence-corrected chi connectivity index (χ2v) is 7.03. The molecule has 0 aliphatic heterocycles. The molecule has 20 heavy (non-hydrogen) atoms. The van der Waals surface area contributed by atoms with Crippen LogP contribution in [0, 0.1) is 20.8 Å². The molecular weight excluding hydrogens is 380 g/mol. The molecule has 0 aliphatic rings. The molecule has 0 bridgehead atoms. The van der Waals surface area contributed by atoms with Gasteiger partial charge in [-0.1, -0.05) is 49.6 Å². The van der Waals surface area contributed by atoms with Crippen LogP contribution in [0.5, 0.6) is 0 Å². The van der Waals surface area contributed by atoms with Gasteiger partial charge < -0.3 is 5.11 Å². The maximum atomic E-state index is 10.5. The van der Waals surface area contributed by atoms with Crippen molar-refractivity contribution in [2.24, 2.45) is 0 Å². The SMILES string of the molecule is Cc1cc(C)c(CC(O)c2cc(Br)ccc2Br)c(C)c1. The lowest BCUT2D eigenvalue weighted by molar-refractivity contribution is 0.177. The summed E-state index contributed by atoms with van der Waals surface area (Å²) in [5, 5.41) is 10.5. The number of halogens is 2. The van der Waals surface area contributed by atoms with Gasteiger partial charge in [0, 0.05) is 15.4 Å².